The topological polar surface area (TPSA) is 72.2 Å². The van der Waals surface area contributed by atoms with Gasteiger partial charge in [-0.15, -0.1) is 5.10 Å². The van der Waals surface area contributed by atoms with Crippen LogP contribution in [0.1, 0.15) is 6.42 Å². The van der Waals surface area contributed by atoms with E-state index in [9.17, 15) is 9.59 Å². The van der Waals surface area contributed by atoms with E-state index in [0.717, 1.165) is 27.9 Å². The van der Waals surface area contributed by atoms with Gasteiger partial charge in [0.1, 0.15) is 0 Å². The molecule has 0 radical (unpaired) electrons. The molecule has 1 aromatic carbocycles. The maximum atomic E-state index is 11.9. The van der Waals surface area contributed by atoms with Gasteiger partial charge in [-0.3, -0.25) is 9.36 Å². The molecule has 0 fully saturated rings. The minimum Gasteiger partial charge on any atom is -0.375 e. The second-order valence-electron chi connectivity index (χ2n) is 5.16. The smallest absolute Gasteiger partial charge is 0.346 e. The third-order valence-corrected chi connectivity index (χ3v) is 3.48. The molecule has 0 saturated heterocycles. The molecule has 0 aliphatic carbocycles. The minimum absolute atomic E-state index is 0.201. The largest absolute Gasteiger partial charge is 0.375 e. The summed E-state index contributed by atoms with van der Waals surface area (Å²) in [6.07, 6.45) is 0.846. The van der Waals surface area contributed by atoms with Crippen molar-refractivity contribution in [1.82, 2.24) is 14.3 Å². The van der Waals surface area contributed by atoms with Crippen molar-refractivity contribution in [1.29, 1.82) is 0 Å². The number of para-hydroxylation sites is 1. The van der Waals surface area contributed by atoms with Gasteiger partial charge in [0.25, 0.3) is 5.56 Å². The van der Waals surface area contributed by atoms with Crippen molar-refractivity contribution in [3.63, 3.8) is 0 Å². The number of aromatic nitrogens is 3. The molecule has 2 rings (SSSR count). The van der Waals surface area contributed by atoms with Crippen LogP contribution >= 0.6 is 0 Å². The first-order valence-electron chi connectivity index (χ1n) is 7.15. The molecule has 2 aromatic rings. The van der Waals surface area contributed by atoms with E-state index in [4.69, 9.17) is 0 Å². The lowest BCUT2D eigenvalue weighted by Crippen LogP contribution is -2.40. The lowest BCUT2D eigenvalue weighted by atomic mass is 10.3. The molecule has 1 heterocycles. The normalized spacial score (nSPS) is 10.5. The maximum Gasteiger partial charge on any atom is 0.346 e. The molecule has 0 bridgehead atoms. The number of rotatable bonds is 6. The summed E-state index contributed by atoms with van der Waals surface area (Å²) in [5.41, 5.74) is 0.317. The average molecular weight is 303 g/mol. The number of benzene rings is 1. The van der Waals surface area contributed by atoms with Crippen molar-refractivity contribution >= 4 is 11.5 Å². The van der Waals surface area contributed by atoms with Crippen molar-refractivity contribution < 1.29 is 0 Å². The SMILES string of the molecule is CN(CCCNc1nn(C)c(=O)n(C)c1=O)c1ccccc1. The summed E-state index contributed by atoms with van der Waals surface area (Å²) in [4.78, 5) is 25.6. The van der Waals surface area contributed by atoms with Crippen molar-refractivity contribution in [2.24, 2.45) is 14.1 Å². The Labute approximate surface area is 128 Å². The average Bonchev–Trinajstić information content (AvgIpc) is 2.54. The van der Waals surface area contributed by atoms with Gasteiger partial charge in [-0.25, -0.2) is 9.48 Å². The quantitative estimate of drug-likeness (QED) is 0.783. The highest BCUT2D eigenvalue weighted by Crippen LogP contribution is 2.10. The van der Waals surface area contributed by atoms with Crippen LogP contribution < -0.4 is 21.5 Å². The molecule has 1 N–H and O–H groups in total. The Morgan fingerprint density at radius 1 is 1.18 bits per heavy atom. The van der Waals surface area contributed by atoms with Crippen LogP contribution in [0.5, 0.6) is 0 Å². The molecule has 22 heavy (non-hydrogen) atoms. The Bertz CT molecular complexity index is 736. The summed E-state index contributed by atoms with van der Waals surface area (Å²) >= 11 is 0. The second-order valence-corrected chi connectivity index (χ2v) is 5.16. The molecule has 0 atom stereocenters. The molecule has 0 amide bonds. The third-order valence-electron chi connectivity index (χ3n) is 3.48. The first-order chi connectivity index (χ1) is 10.5. The fourth-order valence-electron chi connectivity index (χ4n) is 2.14. The Hall–Kier alpha value is -2.57. The first kappa shape index (κ1) is 15.8. The summed E-state index contributed by atoms with van der Waals surface area (Å²) in [5.74, 6) is 0.201. The van der Waals surface area contributed by atoms with Gasteiger partial charge in [0.15, 0.2) is 0 Å². The number of hydrogen-bond donors (Lipinski definition) is 1. The van der Waals surface area contributed by atoms with Gasteiger partial charge in [0, 0.05) is 39.9 Å². The molecule has 0 unspecified atom stereocenters. The molecular formula is C15H21N5O2. The maximum absolute atomic E-state index is 11.9. The molecule has 118 valence electrons. The van der Waals surface area contributed by atoms with E-state index in [1.807, 2.05) is 25.2 Å². The fourth-order valence-corrected chi connectivity index (χ4v) is 2.14. The predicted octanol–water partition coefficient (Wildman–Crippen LogP) is 0.417. The Morgan fingerprint density at radius 2 is 1.86 bits per heavy atom. The van der Waals surface area contributed by atoms with Crippen molar-refractivity contribution in [2.75, 3.05) is 30.4 Å². The zero-order chi connectivity index (χ0) is 16.1. The molecular weight excluding hydrogens is 282 g/mol. The molecule has 0 saturated carbocycles. The predicted molar refractivity (Wildman–Crippen MR) is 87.5 cm³/mol. The van der Waals surface area contributed by atoms with Crippen molar-refractivity contribution in [2.45, 2.75) is 6.42 Å². The van der Waals surface area contributed by atoms with E-state index in [1.54, 1.807) is 0 Å². The van der Waals surface area contributed by atoms with E-state index >= 15 is 0 Å². The third kappa shape index (κ3) is 3.55. The molecule has 0 aliphatic rings. The van der Waals surface area contributed by atoms with Crippen LogP contribution in [0.15, 0.2) is 39.9 Å². The Morgan fingerprint density at radius 3 is 2.55 bits per heavy atom. The molecule has 7 heteroatoms. The van der Waals surface area contributed by atoms with E-state index in [-0.39, 0.29) is 5.82 Å². The van der Waals surface area contributed by atoms with Gasteiger partial charge in [-0.2, -0.15) is 0 Å². The summed E-state index contributed by atoms with van der Waals surface area (Å²) in [6.45, 7) is 1.46. The van der Waals surface area contributed by atoms with Gasteiger partial charge >= 0.3 is 5.69 Å². The summed E-state index contributed by atoms with van der Waals surface area (Å²) < 4.78 is 2.20. The zero-order valence-electron chi connectivity index (χ0n) is 13.1. The second kappa shape index (κ2) is 6.93. The van der Waals surface area contributed by atoms with Gasteiger partial charge in [-0.1, -0.05) is 18.2 Å². The van der Waals surface area contributed by atoms with E-state index in [0.29, 0.717) is 6.54 Å². The first-order valence-corrected chi connectivity index (χ1v) is 7.15. The summed E-state index contributed by atoms with van der Waals surface area (Å²) in [5, 5.41) is 6.95. The van der Waals surface area contributed by atoms with Gasteiger partial charge in [-0.05, 0) is 18.6 Å². The van der Waals surface area contributed by atoms with Crippen LogP contribution in [-0.2, 0) is 14.1 Å². The highest BCUT2D eigenvalue weighted by atomic mass is 16.2. The van der Waals surface area contributed by atoms with E-state index in [2.05, 4.69) is 27.4 Å². The zero-order valence-corrected chi connectivity index (χ0v) is 13.1. The minimum atomic E-state index is -0.431. The number of anilines is 2. The number of nitrogens with one attached hydrogen (secondary N) is 1. The number of hydrogen-bond acceptors (Lipinski definition) is 5. The van der Waals surface area contributed by atoms with Crippen LogP contribution in [0, 0.1) is 0 Å². The van der Waals surface area contributed by atoms with Crippen LogP contribution in [-0.4, -0.2) is 34.5 Å². The van der Waals surface area contributed by atoms with Gasteiger partial charge < -0.3 is 10.2 Å². The molecule has 1 aromatic heterocycles. The number of nitrogens with zero attached hydrogens (tertiary/aromatic N) is 4. The Balaban J connectivity index is 1.90. The van der Waals surface area contributed by atoms with Crippen molar-refractivity contribution in [3.05, 3.63) is 51.2 Å². The lowest BCUT2D eigenvalue weighted by Gasteiger charge is -2.19. The van der Waals surface area contributed by atoms with E-state index in [1.165, 1.54) is 14.1 Å². The Kier molecular flexibility index (Phi) is 4.98. The van der Waals surface area contributed by atoms with E-state index < -0.39 is 11.2 Å². The van der Waals surface area contributed by atoms with Gasteiger partial charge in [0.2, 0.25) is 5.82 Å². The standard InChI is InChI=1S/C15H21N5O2/c1-18(12-8-5-4-6-9-12)11-7-10-16-13-14(21)19(2)15(22)20(3)17-13/h4-6,8-9H,7,10-11H2,1-3H3,(H,16,17). The van der Waals surface area contributed by atoms with Crippen LogP contribution in [0.3, 0.4) is 0 Å². The summed E-state index contributed by atoms with van der Waals surface area (Å²) in [7, 11) is 5.00. The molecule has 0 spiro atoms. The fraction of sp³-hybridized carbons (Fsp3) is 0.400. The van der Waals surface area contributed by atoms with Crippen LogP contribution in [0.4, 0.5) is 11.5 Å². The van der Waals surface area contributed by atoms with Crippen molar-refractivity contribution in [3.8, 4) is 0 Å². The summed E-state index contributed by atoms with van der Waals surface area (Å²) in [6, 6.07) is 10.1. The number of aryl methyl sites for hydroxylation is 1. The van der Waals surface area contributed by atoms with Crippen LogP contribution in [0.25, 0.3) is 0 Å². The highest BCUT2D eigenvalue weighted by Gasteiger charge is 2.07. The molecule has 0 aliphatic heterocycles. The highest BCUT2D eigenvalue weighted by molar-refractivity contribution is 5.44. The lowest BCUT2D eigenvalue weighted by molar-refractivity contribution is 0.603. The van der Waals surface area contributed by atoms with Crippen LogP contribution in [0.2, 0.25) is 0 Å². The molecule has 7 nitrogen and oxygen atoms in total. The monoisotopic (exact) mass is 303 g/mol. The van der Waals surface area contributed by atoms with Gasteiger partial charge in [0.05, 0.1) is 0 Å².